The van der Waals surface area contributed by atoms with Crippen LogP contribution in [0.1, 0.15) is 35.5 Å². The molecule has 2 N–H and O–H groups in total. The van der Waals surface area contributed by atoms with Gasteiger partial charge in [0, 0.05) is 36.0 Å². The highest BCUT2D eigenvalue weighted by Gasteiger charge is 2.18. The molecule has 0 aliphatic carbocycles. The van der Waals surface area contributed by atoms with Crippen molar-refractivity contribution in [3.63, 3.8) is 0 Å². The average Bonchev–Trinajstić information content (AvgIpc) is 3.30. The number of rotatable bonds is 6. The summed E-state index contributed by atoms with van der Waals surface area (Å²) >= 11 is 0. The van der Waals surface area contributed by atoms with Gasteiger partial charge in [-0.2, -0.15) is 5.10 Å². The van der Waals surface area contributed by atoms with Gasteiger partial charge >= 0.3 is 0 Å². The number of halogens is 1. The molecule has 0 saturated carbocycles. The van der Waals surface area contributed by atoms with Crippen molar-refractivity contribution >= 4 is 11.0 Å². The lowest BCUT2D eigenvalue weighted by Gasteiger charge is -2.17. The molecule has 0 saturated heterocycles. The lowest BCUT2D eigenvalue weighted by molar-refractivity contribution is 0.210. The number of ether oxygens (including phenoxy) is 2. The largest absolute Gasteiger partial charge is 0.493 e. The fourth-order valence-corrected chi connectivity index (χ4v) is 3.23. The first-order chi connectivity index (χ1) is 13.5. The lowest BCUT2D eigenvalue weighted by Crippen LogP contribution is -2.06. The maximum Gasteiger partial charge on any atom is 0.165 e. The van der Waals surface area contributed by atoms with Crippen LogP contribution in [0.4, 0.5) is 4.39 Å². The molecule has 0 fully saturated rings. The summed E-state index contributed by atoms with van der Waals surface area (Å²) in [5.74, 6) is 0.477. The predicted octanol–water partition coefficient (Wildman–Crippen LogP) is 4.47. The third kappa shape index (κ3) is 3.43. The maximum absolute atomic E-state index is 14.8. The SMILES string of the molecule is COc1cc(Cc2c[nH]c3ncccc23)c(F)cc1OC(C)c1cc(C)[nH]n1. The van der Waals surface area contributed by atoms with E-state index in [9.17, 15) is 4.39 Å². The molecule has 4 rings (SSSR count). The van der Waals surface area contributed by atoms with Crippen molar-refractivity contribution in [2.75, 3.05) is 7.11 Å². The Morgan fingerprint density at radius 2 is 2.04 bits per heavy atom. The summed E-state index contributed by atoms with van der Waals surface area (Å²) in [4.78, 5) is 7.39. The second-order valence-corrected chi connectivity index (χ2v) is 6.72. The Kier molecular flexibility index (Phi) is 4.73. The van der Waals surface area contributed by atoms with Gasteiger partial charge in [0.05, 0.1) is 7.11 Å². The highest BCUT2D eigenvalue weighted by molar-refractivity contribution is 5.79. The summed E-state index contributed by atoms with van der Waals surface area (Å²) in [5.41, 5.74) is 3.96. The van der Waals surface area contributed by atoms with Crippen molar-refractivity contribution < 1.29 is 13.9 Å². The van der Waals surface area contributed by atoms with Crippen LogP contribution in [-0.4, -0.2) is 27.3 Å². The summed E-state index contributed by atoms with van der Waals surface area (Å²) in [5, 5.41) is 8.05. The van der Waals surface area contributed by atoms with Crippen LogP contribution in [0.25, 0.3) is 11.0 Å². The Bertz CT molecular complexity index is 1120. The molecule has 0 aliphatic heterocycles. The van der Waals surface area contributed by atoms with Gasteiger partial charge in [-0.25, -0.2) is 9.37 Å². The molecule has 4 aromatic rings. The van der Waals surface area contributed by atoms with Crippen LogP contribution in [-0.2, 0) is 6.42 Å². The van der Waals surface area contributed by atoms with Crippen molar-refractivity contribution in [2.45, 2.75) is 26.4 Å². The average molecular weight is 380 g/mol. The van der Waals surface area contributed by atoms with E-state index in [-0.39, 0.29) is 11.9 Å². The van der Waals surface area contributed by atoms with Crippen LogP contribution < -0.4 is 9.47 Å². The number of hydrogen-bond donors (Lipinski definition) is 2. The number of nitrogens with one attached hydrogen (secondary N) is 2. The topological polar surface area (TPSA) is 75.8 Å². The first-order valence-corrected chi connectivity index (χ1v) is 9.01. The number of nitrogens with zero attached hydrogens (tertiary/aromatic N) is 2. The number of hydrogen-bond acceptors (Lipinski definition) is 4. The molecule has 0 aliphatic rings. The first kappa shape index (κ1) is 18.0. The van der Waals surface area contributed by atoms with E-state index in [4.69, 9.17) is 9.47 Å². The number of pyridine rings is 1. The van der Waals surface area contributed by atoms with Crippen LogP contribution in [0.5, 0.6) is 11.5 Å². The molecule has 1 aromatic carbocycles. The van der Waals surface area contributed by atoms with Crippen LogP contribution in [0.15, 0.2) is 42.7 Å². The number of H-pyrrole nitrogens is 2. The molecule has 7 heteroatoms. The summed E-state index contributed by atoms with van der Waals surface area (Å²) in [6.45, 7) is 3.78. The molecule has 0 spiro atoms. The standard InChI is InChI=1S/C21H21FN4O2/c1-12-7-18(26-25-12)13(2)28-20-10-17(22)14(9-19(20)27-3)8-15-11-24-21-16(15)5-4-6-23-21/h4-7,9-11,13H,8H2,1-3H3,(H,23,24)(H,25,26). The van der Waals surface area contributed by atoms with E-state index >= 15 is 0 Å². The highest BCUT2D eigenvalue weighted by atomic mass is 19.1. The highest BCUT2D eigenvalue weighted by Crippen LogP contribution is 2.34. The van der Waals surface area contributed by atoms with E-state index in [1.807, 2.05) is 38.2 Å². The minimum Gasteiger partial charge on any atom is -0.493 e. The molecule has 1 atom stereocenters. The molecular weight excluding hydrogens is 359 g/mol. The summed E-state index contributed by atoms with van der Waals surface area (Å²) in [6, 6.07) is 8.78. The van der Waals surface area contributed by atoms with Gasteiger partial charge in [0.1, 0.15) is 23.3 Å². The second kappa shape index (κ2) is 7.34. The van der Waals surface area contributed by atoms with E-state index in [1.165, 1.54) is 6.07 Å². The Balaban J connectivity index is 1.61. The molecular formula is C21H21FN4O2. The molecule has 6 nitrogen and oxygen atoms in total. The monoisotopic (exact) mass is 380 g/mol. The molecule has 0 amide bonds. The van der Waals surface area contributed by atoms with Gasteiger partial charge in [-0.3, -0.25) is 5.10 Å². The van der Waals surface area contributed by atoms with Crippen molar-refractivity contribution in [3.8, 4) is 11.5 Å². The molecule has 1 unspecified atom stereocenters. The zero-order valence-electron chi connectivity index (χ0n) is 15.9. The van der Waals surface area contributed by atoms with Crippen molar-refractivity contribution in [2.24, 2.45) is 0 Å². The van der Waals surface area contributed by atoms with Crippen LogP contribution >= 0.6 is 0 Å². The third-order valence-corrected chi connectivity index (χ3v) is 4.70. The fraction of sp³-hybridized carbons (Fsp3) is 0.238. The minimum atomic E-state index is -0.348. The number of aromatic nitrogens is 4. The van der Waals surface area contributed by atoms with Gasteiger partial charge in [0.2, 0.25) is 0 Å². The van der Waals surface area contributed by atoms with Crippen LogP contribution in [0, 0.1) is 12.7 Å². The van der Waals surface area contributed by atoms with Gasteiger partial charge in [0.15, 0.2) is 11.5 Å². The molecule has 0 bridgehead atoms. The van der Waals surface area contributed by atoms with Crippen LogP contribution in [0.2, 0.25) is 0 Å². The van der Waals surface area contributed by atoms with Crippen molar-refractivity contribution in [1.29, 1.82) is 0 Å². The zero-order chi connectivity index (χ0) is 19.7. The van der Waals surface area contributed by atoms with Gasteiger partial charge in [0.25, 0.3) is 0 Å². The van der Waals surface area contributed by atoms with E-state index in [0.29, 0.717) is 23.5 Å². The van der Waals surface area contributed by atoms with Crippen molar-refractivity contribution in [3.05, 3.63) is 71.1 Å². The number of aromatic amines is 2. The number of methoxy groups -OCH3 is 1. The molecule has 3 aromatic heterocycles. The van der Waals surface area contributed by atoms with E-state index in [0.717, 1.165) is 28.0 Å². The zero-order valence-corrected chi connectivity index (χ0v) is 15.9. The molecule has 3 heterocycles. The third-order valence-electron chi connectivity index (χ3n) is 4.70. The van der Waals surface area contributed by atoms with E-state index < -0.39 is 0 Å². The fourth-order valence-electron chi connectivity index (χ4n) is 3.23. The Labute approximate surface area is 161 Å². The van der Waals surface area contributed by atoms with Gasteiger partial charge in [-0.15, -0.1) is 0 Å². The molecule has 144 valence electrons. The second-order valence-electron chi connectivity index (χ2n) is 6.72. The first-order valence-electron chi connectivity index (χ1n) is 9.01. The van der Waals surface area contributed by atoms with Crippen LogP contribution in [0.3, 0.4) is 0 Å². The lowest BCUT2D eigenvalue weighted by atomic mass is 10.0. The number of aryl methyl sites for hydroxylation is 1. The summed E-state index contributed by atoms with van der Waals surface area (Å²) in [7, 11) is 1.54. The van der Waals surface area contributed by atoms with E-state index in [2.05, 4.69) is 20.2 Å². The van der Waals surface area contributed by atoms with E-state index in [1.54, 1.807) is 19.4 Å². The summed E-state index contributed by atoms with van der Waals surface area (Å²) < 4.78 is 26.2. The normalized spacial score (nSPS) is 12.3. The molecule has 0 radical (unpaired) electrons. The quantitative estimate of drug-likeness (QED) is 0.517. The maximum atomic E-state index is 14.8. The van der Waals surface area contributed by atoms with Gasteiger partial charge in [-0.05, 0) is 49.2 Å². The summed E-state index contributed by atoms with van der Waals surface area (Å²) in [6.07, 6.45) is 3.65. The Morgan fingerprint density at radius 3 is 2.79 bits per heavy atom. The number of benzene rings is 1. The number of fused-ring (bicyclic) bond motifs is 1. The smallest absolute Gasteiger partial charge is 0.165 e. The molecule has 28 heavy (non-hydrogen) atoms. The Morgan fingerprint density at radius 1 is 1.18 bits per heavy atom. The van der Waals surface area contributed by atoms with Gasteiger partial charge < -0.3 is 14.5 Å². The predicted molar refractivity (Wildman–Crippen MR) is 104 cm³/mol. The minimum absolute atomic E-state index is 0.344. The Hall–Kier alpha value is -3.35. The van der Waals surface area contributed by atoms with Crippen molar-refractivity contribution in [1.82, 2.24) is 20.2 Å². The van der Waals surface area contributed by atoms with Gasteiger partial charge in [-0.1, -0.05) is 0 Å².